The number of hydrogen-bond donors (Lipinski definition) is 1. The fourth-order valence-electron chi connectivity index (χ4n) is 0.579. The summed E-state index contributed by atoms with van der Waals surface area (Å²) in [5, 5.41) is 12.9. The van der Waals surface area contributed by atoms with Crippen LogP contribution in [0.4, 0.5) is 0 Å². The van der Waals surface area contributed by atoms with Gasteiger partial charge in [0.2, 0.25) is 0 Å². The summed E-state index contributed by atoms with van der Waals surface area (Å²) in [7, 11) is 0. The molecule has 3 nitrogen and oxygen atoms in total. The Balaban J connectivity index is 0. The summed E-state index contributed by atoms with van der Waals surface area (Å²) in [4.78, 5) is 10.1. The van der Waals surface area contributed by atoms with Gasteiger partial charge in [-0.1, -0.05) is 13.3 Å². The molecule has 0 heterocycles. The van der Waals surface area contributed by atoms with E-state index in [2.05, 4.69) is 12.2 Å². The van der Waals surface area contributed by atoms with Crippen molar-refractivity contribution in [1.29, 1.82) is 0 Å². The van der Waals surface area contributed by atoms with E-state index in [-0.39, 0.29) is 29.6 Å². The smallest absolute Gasteiger partial charge is 0.548 e. The summed E-state index contributed by atoms with van der Waals surface area (Å²) < 4.78 is 0. The van der Waals surface area contributed by atoms with Gasteiger partial charge in [0, 0.05) is 6.04 Å². The molecule has 0 aromatic rings. The number of carboxylic acids is 1. The zero-order chi connectivity index (χ0) is 7.98. The van der Waals surface area contributed by atoms with E-state index in [1.165, 1.54) is 0 Å². The summed E-state index contributed by atoms with van der Waals surface area (Å²) in [5.74, 6) is -1.03. The van der Waals surface area contributed by atoms with Crippen LogP contribution in [0.3, 0.4) is 0 Å². The molecule has 11 heavy (non-hydrogen) atoms. The molecule has 0 saturated heterocycles. The fourth-order valence-corrected chi connectivity index (χ4v) is 0.579. The van der Waals surface area contributed by atoms with E-state index >= 15 is 0 Å². The van der Waals surface area contributed by atoms with E-state index in [0.29, 0.717) is 0 Å². The van der Waals surface area contributed by atoms with Gasteiger partial charge in [-0.05, 0) is 19.9 Å². The zero-order valence-corrected chi connectivity index (χ0v) is 9.52. The third kappa shape index (κ3) is 8.34. The van der Waals surface area contributed by atoms with Crippen molar-refractivity contribution in [1.82, 2.24) is 5.32 Å². The maximum absolute atomic E-state index is 10.1. The van der Waals surface area contributed by atoms with E-state index in [1.807, 2.05) is 0 Å². The number of hydrogen-bond acceptors (Lipinski definition) is 3. The van der Waals surface area contributed by atoms with Crippen LogP contribution in [0.15, 0.2) is 0 Å². The predicted octanol–water partition coefficient (Wildman–Crippen LogP) is -3.48. The monoisotopic (exact) mass is 167 g/mol. The molecule has 0 radical (unpaired) electrons. The summed E-state index contributed by atoms with van der Waals surface area (Å²) in [6, 6.07) is -0.522. The Morgan fingerprint density at radius 3 is 2.55 bits per heavy atom. The maximum Gasteiger partial charge on any atom is 1.00 e. The number of aliphatic carboxylic acids is 1. The Morgan fingerprint density at radius 1 is 1.64 bits per heavy atom. The Kier molecular flexibility index (Phi) is 10.8. The van der Waals surface area contributed by atoms with Crippen LogP contribution in [0.5, 0.6) is 0 Å². The molecule has 0 rings (SSSR count). The van der Waals surface area contributed by atoms with Crippen LogP contribution in [-0.2, 0) is 4.79 Å². The Labute approximate surface area is 89.8 Å². The van der Waals surface area contributed by atoms with Crippen molar-refractivity contribution in [2.45, 2.75) is 32.7 Å². The quantitative estimate of drug-likeness (QED) is 0.342. The first-order valence-electron chi connectivity index (χ1n) is 3.62. The van der Waals surface area contributed by atoms with Crippen molar-refractivity contribution in [3.05, 3.63) is 0 Å². The first-order chi connectivity index (χ1) is 4.68. The Morgan fingerprint density at radius 2 is 2.18 bits per heavy atom. The minimum atomic E-state index is -1.03. The molecule has 0 aromatic carbocycles. The standard InChI is InChI=1S/C7H15NO2.Na/c1-3-4-5-8-6(2)7(9)10;/h6,8H,3-5H2,1-2H3,(H,9,10);/q;+1/p-1. The van der Waals surface area contributed by atoms with Crippen LogP contribution in [0, 0.1) is 0 Å². The van der Waals surface area contributed by atoms with Gasteiger partial charge >= 0.3 is 29.6 Å². The molecule has 0 aliphatic rings. The van der Waals surface area contributed by atoms with Crippen LogP contribution < -0.4 is 40.0 Å². The van der Waals surface area contributed by atoms with Crippen LogP contribution in [0.25, 0.3) is 0 Å². The largest absolute Gasteiger partial charge is 1.00 e. The average molecular weight is 167 g/mol. The molecule has 1 N–H and O–H groups in total. The minimum absolute atomic E-state index is 0. The molecule has 60 valence electrons. The van der Waals surface area contributed by atoms with Crippen molar-refractivity contribution in [3.8, 4) is 0 Å². The van der Waals surface area contributed by atoms with Gasteiger partial charge in [-0.25, -0.2) is 0 Å². The zero-order valence-electron chi connectivity index (χ0n) is 7.52. The molecule has 1 atom stereocenters. The molecule has 0 fully saturated rings. The van der Waals surface area contributed by atoms with Crippen molar-refractivity contribution in [2.24, 2.45) is 0 Å². The van der Waals surface area contributed by atoms with Crippen molar-refractivity contribution in [2.75, 3.05) is 6.54 Å². The van der Waals surface area contributed by atoms with Crippen LogP contribution in [0.1, 0.15) is 26.7 Å². The van der Waals surface area contributed by atoms with Crippen LogP contribution in [0.2, 0.25) is 0 Å². The molecule has 0 saturated carbocycles. The second kappa shape index (κ2) is 8.53. The van der Waals surface area contributed by atoms with E-state index in [9.17, 15) is 9.90 Å². The maximum atomic E-state index is 10.1. The van der Waals surface area contributed by atoms with Gasteiger partial charge in [0.25, 0.3) is 0 Å². The molecule has 0 aliphatic carbocycles. The van der Waals surface area contributed by atoms with Gasteiger partial charge in [0.05, 0.1) is 5.97 Å². The van der Waals surface area contributed by atoms with Gasteiger partial charge in [-0.15, -0.1) is 0 Å². The Bertz CT molecular complexity index is 109. The van der Waals surface area contributed by atoms with E-state index in [4.69, 9.17) is 0 Å². The number of nitrogens with one attached hydrogen (secondary N) is 1. The first kappa shape index (κ1) is 14.0. The number of carbonyl (C=O) groups is 1. The topological polar surface area (TPSA) is 52.2 Å². The molecule has 1 unspecified atom stereocenters. The van der Waals surface area contributed by atoms with Gasteiger partial charge < -0.3 is 15.2 Å². The second-order valence-corrected chi connectivity index (χ2v) is 2.35. The fraction of sp³-hybridized carbons (Fsp3) is 0.857. The second-order valence-electron chi connectivity index (χ2n) is 2.35. The van der Waals surface area contributed by atoms with Crippen LogP contribution >= 0.6 is 0 Å². The summed E-state index contributed by atoms with van der Waals surface area (Å²) in [6.45, 7) is 4.40. The molecule has 0 aromatic heterocycles. The third-order valence-electron chi connectivity index (χ3n) is 1.33. The normalized spacial score (nSPS) is 11.8. The number of carbonyl (C=O) groups excluding carboxylic acids is 1. The SMILES string of the molecule is CCCCNC(C)C(=O)[O-].[Na+]. The molecule has 0 aliphatic heterocycles. The average Bonchev–Trinajstić information content (AvgIpc) is 1.88. The molecular weight excluding hydrogens is 153 g/mol. The van der Waals surface area contributed by atoms with Gasteiger partial charge in [-0.3, -0.25) is 0 Å². The number of rotatable bonds is 5. The molecular formula is C7H14NNaO2. The molecule has 0 amide bonds. The first-order valence-corrected chi connectivity index (χ1v) is 3.62. The molecule has 0 spiro atoms. The van der Waals surface area contributed by atoms with Gasteiger partial charge in [-0.2, -0.15) is 0 Å². The number of carboxylic acid groups (broad SMARTS) is 1. The van der Waals surface area contributed by atoms with Crippen molar-refractivity contribution in [3.63, 3.8) is 0 Å². The predicted molar refractivity (Wildman–Crippen MR) is 37.4 cm³/mol. The molecule has 0 bridgehead atoms. The van der Waals surface area contributed by atoms with E-state index in [0.717, 1.165) is 19.4 Å². The van der Waals surface area contributed by atoms with E-state index < -0.39 is 12.0 Å². The summed E-state index contributed by atoms with van der Waals surface area (Å²) in [5.41, 5.74) is 0. The summed E-state index contributed by atoms with van der Waals surface area (Å²) in [6.07, 6.45) is 2.09. The van der Waals surface area contributed by atoms with Crippen molar-refractivity contribution >= 4 is 5.97 Å². The van der Waals surface area contributed by atoms with E-state index in [1.54, 1.807) is 6.92 Å². The number of unbranched alkanes of at least 4 members (excludes halogenated alkanes) is 1. The summed E-state index contributed by atoms with van der Waals surface area (Å²) >= 11 is 0. The minimum Gasteiger partial charge on any atom is -0.548 e. The van der Waals surface area contributed by atoms with Gasteiger partial charge in [0.15, 0.2) is 0 Å². The molecule has 4 heteroatoms. The van der Waals surface area contributed by atoms with Crippen LogP contribution in [-0.4, -0.2) is 18.6 Å². The third-order valence-corrected chi connectivity index (χ3v) is 1.33. The van der Waals surface area contributed by atoms with Crippen molar-refractivity contribution < 1.29 is 39.5 Å². The Hall–Kier alpha value is 0.430. The van der Waals surface area contributed by atoms with Gasteiger partial charge in [0.1, 0.15) is 0 Å².